The van der Waals surface area contributed by atoms with Crippen molar-refractivity contribution in [3.8, 4) is 16.9 Å². The van der Waals surface area contributed by atoms with Crippen LogP contribution in [0.4, 0.5) is 4.39 Å². The van der Waals surface area contributed by atoms with Crippen molar-refractivity contribution in [2.75, 3.05) is 47.3 Å². The molecule has 13 nitrogen and oxygen atoms in total. The first-order valence-corrected chi connectivity index (χ1v) is 21.7. The van der Waals surface area contributed by atoms with Gasteiger partial charge >= 0.3 is 35.8 Å². The summed E-state index contributed by atoms with van der Waals surface area (Å²) in [5, 5.41) is 0. The largest absolute Gasteiger partial charge is 0.492 e. The Morgan fingerprint density at radius 1 is 0.683 bits per heavy atom. The lowest BCUT2D eigenvalue weighted by atomic mass is 9.76. The molecule has 0 radical (unpaired) electrons. The molecule has 0 heterocycles. The van der Waals surface area contributed by atoms with Crippen LogP contribution in [0.2, 0.25) is 0 Å². The molecule has 14 heteroatoms. The van der Waals surface area contributed by atoms with Crippen LogP contribution in [0.3, 0.4) is 0 Å². The monoisotopic (exact) mass is 880 g/mol. The highest BCUT2D eigenvalue weighted by atomic mass is 19.1. The van der Waals surface area contributed by atoms with E-state index < -0.39 is 80.5 Å². The minimum absolute atomic E-state index is 0.0486. The molecule has 2 aromatic carbocycles. The lowest BCUT2D eigenvalue weighted by Gasteiger charge is -2.32. The van der Waals surface area contributed by atoms with Crippen molar-refractivity contribution in [3.63, 3.8) is 0 Å². The third-order valence-electron chi connectivity index (χ3n) is 11.2. The maximum absolute atomic E-state index is 16.3. The van der Waals surface area contributed by atoms with Crippen molar-refractivity contribution in [1.82, 2.24) is 0 Å². The highest BCUT2D eigenvalue weighted by molar-refractivity contribution is 5.91. The van der Waals surface area contributed by atoms with Gasteiger partial charge < -0.3 is 33.2 Å². The summed E-state index contributed by atoms with van der Waals surface area (Å²) in [5.74, 6) is -4.03. The van der Waals surface area contributed by atoms with Crippen molar-refractivity contribution in [2.45, 2.75) is 117 Å². The Kier molecular flexibility index (Phi) is 21.5. The van der Waals surface area contributed by atoms with E-state index in [1.165, 1.54) is 32.6 Å². The molecule has 0 aliphatic heterocycles. The van der Waals surface area contributed by atoms with Gasteiger partial charge in [0.2, 0.25) is 0 Å². The van der Waals surface area contributed by atoms with Crippen LogP contribution in [-0.4, -0.2) is 83.1 Å². The summed E-state index contributed by atoms with van der Waals surface area (Å²) in [4.78, 5) is 74.0. The zero-order valence-corrected chi connectivity index (χ0v) is 37.9. The molecule has 0 bridgehead atoms. The third kappa shape index (κ3) is 16.9. The predicted molar refractivity (Wildman–Crippen MR) is 233 cm³/mol. The Bertz CT molecular complexity index is 1890. The van der Waals surface area contributed by atoms with Crippen molar-refractivity contribution in [3.05, 3.63) is 77.1 Å². The van der Waals surface area contributed by atoms with Crippen molar-refractivity contribution < 1.29 is 66.3 Å². The van der Waals surface area contributed by atoms with Gasteiger partial charge in [0.05, 0.1) is 20.8 Å². The average Bonchev–Trinajstić information content (AvgIpc) is 3.27. The molecule has 0 aromatic heterocycles. The van der Waals surface area contributed by atoms with E-state index in [4.69, 9.17) is 23.7 Å². The average molecular weight is 881 g/mol. The van der Waals surface area contributed by atoms with E-state index in [1.807, 2.05) is 25.1 Å². The van der Waals surface area contributed by atoms with E-state index in [-0.39, 0.29) is 23.6 Å². The van der Waals surface area contributed by atoms with E-state index in [0.717, 1.165) is 56.9 Å². The van der Waals surface area contributed by atoms with Crippen LogP contribution < -0.4 is 4.74 Å². The number of methoxy groups -OCH3 is 2. The number of rotatable bonds is 26. The molecular weight excluding hydrogens is 816 g/mol. The summed E-state index contributed by atoms with van der Waals surface area (Å²) >= 11 is 0. The van der Waals surface area contributed by atoms with Crippen LogP contribution in [0, 0.1) is 17.2 Å². The highest BCUT2D eigenvalue weighted by Gasteiger charge is 2.38. The first-order chi connectivity index (χ1) is 30.0. The second kappa shape index (κ2) is 26.2. The fraction of sp³-hybridized carbons (Fsp3) is 0.551. The predicted octanol–water partition coefficient (Wildman–Crippen LogP) is 8.66. The van der Waals surface area contributed by atoms with E-state index >= 15 is 4.39 Å². The Morgan fingerprint density at radius 3 is 1.81 bits per heavy atom. The normalized spacial score (nSPS) is 14.8. The number of aryl methyl sites for hydroxylation is 2. The standard InChI is InChI=1S/C49H65FO13/c1-9-11-12-14-34-16-18-36(19-17-34)37-20-21-39(41(50)24-37)40-23-38(15-13-22-59-47(55)32(3)4)42(25-35(40)10-2)60-28-49(31-63-48(56)33(5)6,29-61-45(53)26-43(51)57-7)30-62-46(54)27-44(52)58-8/h20-21,23-25,34,36H,3,5,9-19,22,26-31H2,1-2,4,6-8H3. The molecule has 0 saturated heterocycles. The van der Waals surface area contributed by atoms with Crippen molar-refractivity contribution in [2.24, 2.45) is 11.3 Å². The van der Waals surface area contributed by atoms with Gasteiger partial charge in [-0.05, 0) is 111 Å². The fourth-order valence-electron chi connectivity index (χ4n) is 7.33. The Labute approximate surface area is 371 Å². The summed E-state index contributed by atoms with van der Waals surface area (Å²) in [6, 6.07) is 9.11. The summed E-state index contributed by atoms with van der Waals surface area (Å²) < 4.78 is 53.7. The Morgan fingerprint density at radius 2 is 1.27 bits per heavy atom. The lowest BCUT2D eigenvalue weighted by molar-refractivity contribution is -0.165. The Balaban J connectivity index is 2.04. The first-order valence-electron chi connectivity index (χ1n) is 21.7. The molecule has 1 aliphatic carbocycles. The number of esters is 6. The van der Waals surface area contributed by atoms with Crippen LogP contribution in [0.1, 0.15) is 121 Å². The van der Waals surface area contributed by atoms with E-state index in [1.54, 1.807) is 19.1 Å². The molecule has 1 saturated carbocycles. The Hall–Kier alpha value is -5.53. The van der Waals surface area contributed by atoms with Crippen molar-refractivity contribution in [1.29, 1.82) is 0 Å². The molecule has 0 spiro atoms. The first kappa shape index (κ1) is 51.8. The van der Waals surface area contributed by atoms with Gasteiger partial charge in [-0.2, -0.15) is 0 Å². The van der Waals surface area contributed by atoms with E-state index in [2.05, 4.69) is 29.6 Å². The van der Waals surface area contributed by atoms with Gasteiger partial charge in [-0.3, -0.25) is 19.2 Å². The quantitative estimate of drug-likeness (QED) is 0.0290. The SMILES string of the molecule is C=C(C)C(=O)OCCCc1cc(-c2ccc(C3CCC(CCCCC)CC3)cc2F)c(CC)cc1OCC(COC(=O)CC(=O)OC)(COC(=O)CC(=O)OC)COC(=O)C(=C)C. The topological polar surface area (TPSA) is 167 Å². The molecule has 346 valence electrons. The highest BCUT2D eigenvalue weighted by Crippen LogP contribution is 2.40. The van der Waals surface area contributed by atoms with Gasteiger partial charge in [0, 0.05) is 16.7 Å². The van der Waals surface area contributed by atoms with Gasteiger partial charge in [0.15, 0.2) is 0 Å². The number of hydrogen-bond donors (Lipinski definition) is 0. The molecule has 0 amide bonds. The summed E-state index contributed by atoms with van der Waals surface area (Å²) in [7, 11) is 2.21. The van der Waals surface area contributed by atoms with Crippen LogP contribution in [0.15, 0.2) is 54.6 Å². The second-order valence-electron chi connectivity index (χ2n) is 16.4. The minimum atomic E-state index is -1.61. The number of benzene rings is 2. The van der Waals surface area contributed by atoms with E-state index in [0.29, 0.717) is 47.6 Å². The smallest absolute Gasteiger partial charge is 0.333 e. The van der Waals surface area contributed by atoms with Crippen LogP contribution in [0.5, 0.6) is 5.75 Å². The van der Waals surface area contributed by atoms with Crippen molar-refractivity contribution >= 4 is 35.8 Å². The van der Waals surface area contributed by atoms with Crippen LogP contribution >= 0.6 is 0 Å². The number of hydrogen-bond acceptors (Lipinski definition) is 13. The maximum atomic E-state index is 16.3. The van der Waals surface area contributed by atoms with Gasteiger partial charge in [0.1, 0.15) is 56.3 Å². The third-order valence-corrected chi connectivity index (χ3v) is 11.2. The number of carbonyl (C=O) groups is 6. The molecule has 2 aromatic rings. The molecular formula is C49H65FO13. The zero-order chi connectivity index (χ0) is 46.5. The number of unbranched alkanes of at least 4 members (excludes halogenated alkanes) is 2. The molecule has 63 heavy (non-hydrogen) atoms. The number of ether oxygens (including phenoxy) is 7. The molecule has 1 fully saturated rings. The fourth-order valence-corrected chi connectivity index (χ4v) is 7.33. The molecule has 0 unspecified atom stereocenters. The van der Waals surface area contributed by atoms with Crippen LogP contribution in [0.25, 0.3) is 11.1 Å². The van der Waals surface area contributed by atoms with Gasteiger partial charge in [0.25, 0.3) is 0 Å². The summed E-state index contributed by atoms with van der Waals surface area (Å²) in [6.45, 7) is 12.3. The molecule has 3 rings (SSSR count). The summed E-state index contributed by atoms with van der Waals surface area (Å²) in [5.41, 5.74) is 2.10. The second-order valence-corrected chi connectivity index (χ2v) is 16.4. The van der Waals surface area contributed by atoms with Gasteiger partial charge in [-0.15, -0.1) is 0 Å². The minimum Gasteiger partial charge on any atom is -0.492 e. The molecule has 1 aliphatic rings. The maximum Gasteiger partial charge on any atom is 0.333 e. The van der Waals surface area contributed by atoms with Gasteiger partial charge in [-0.25, -0.2) is 14.0 Å². The lowest BCUT2D eigenvalue weighted by Crippen LogP contribution is -2.44. The van der Waals surface area contributed by atoms with E-state index in [9.17, 15) is 28.8 Å². The zero-order valence-electron chi connectivity index (χ0n) is 37.9. The summed E-state index contributed by atoms with van der Waals surface area (Å²) in [6.07, 6.45) is 8.98. The van der Waals surface area contributed by atoms with Gasteiger partial charge in [-0.1, -0.05) is 64.8 Å². The molecule has 0 N–H and O–H groups in total. The number of carbonyl (C=O) groups excluding carboxylic acids is 6. The molecule has 0 atom stereocenters. The van der Waals surface area contributed by atoms with Crippen LogP contribution in [-0.2, 0) is 70.0 Å². The number of halogens is 1.